The van der Waals surface area contributed by atoms with E-state index in [1.54, 1.807) is 13.1 Å². The molecule has 0 fully saturated rings. The highest BCUT2D eigenvalue weighted by Gasteiger charge is 2.09. The third-order valence-electron chi connectivity index (χ3n) is 2.37. The van der Waals surface area contributed by atoms with Crippen LogP contribution in [0, 0.1) is 0 Å². The van der Waals surface area contributed by atoms with Crippen molar-refractivity contribution < 1.29 is 4.79 Å². The van der Waals surface area contributed by atoms with E-state index in [4.69, 9.17) is 0 Å². The summed E-state index contributed by atoms with van der Waals surface area (Å²) < 4.78 is 2.96. The Bertz CT molecular complexity index is 360. The van der Waals surface area contributed by atoms with Crippen molar-refractivity contribution >= 4 is 21.7 Å². The SMILES string of the molecule is CC(=O)CCc1c(Br)cnn1CCN(C)C. The van der Waals surface area contributed by atoms with E-state index in [0.717, 1.165) is 29.7 Å². The van der Waals surface area contributed by atoms with Gasteiger partial charge in [-0.3, -0.25) is 4.68 Å². The second-order valence-electron chi connectivity index (χ2n) is 4.17. The molecule has 0 aliphatic heterocycles. The molecule has 16 heavy (non-hydrogen) atoms. The zero-order chi connectivity index (χ0) is 12.1. The van der Waals surface area contributed by atoms with Crippen molar-refractivity contribution in [2.75, 3.05) is 20.6 Å². The van der Waals surface area contributed by atoms with Crippen LogP contribution in [-0.2, 0) is 17.8 Å². The Hall–Kier alpha value is -0.680. The molecule has 0 radical (unpaired) electrons. The molecule has 1 heterocycles. The van der Waals surface area contributed by atoms with Gasteiger partial charge in [-0.05, 0) is 43.4 Å². The summed E-state index contributed by atoms with van der Waals surface area (Å²) in [6, 6.07) is 0. The van der Waals surface area contributed by atoms with Gasteiger partial charge in [0.25, 0.3) is 0 Å². The summed E-state index contributed by atoms with van der Waals surface area (Å²) in [5, 5.41) is 4.30. The number of likely N-dealkylation sites (N-methyl/N-ethyl adjacent to an activating group) is 1. The second-order valence-corrected chi connectivity index (χ2v) is 5.02. The third kappa shape index (κ3) is 4.06. The lowest BCUT2D eigenvalue weighted by Gasteiger charge is -2.11. The summed E-state index contributed by atoms with van der Waals surface area (Å²) in [5.41, 5.74) is 1.11. The molecule has 1 rings (SSSR count). The number of carbonyl (C=O) groups excluding carboxylic acids is 1. The molecule has 1 aromatic rings. The van der Waals surface area contributed by atoms with Gasteiger partial charge in [0.1, 0.15) is 5.78 Å². The lowest BCUT2D eigenvalue weighted by atomic mass is 10.2. The highest BCUT2D eigenvalue weighted by atomic mass is 79.9. The van der Waals surface area contributed by atoms with Gasteiger partial charge in [-0.2, -0.15) is 5.10 Å². The Kier molecular flexibility index (Phi) is 5.15. The lowest BCUT2D eigenvalue weighted by Crippen LogP contribution is -2.20. The number of ketones is 1. The quantitative estimate of drug-likeness (QED) is 0.800. The van der Waals surface area contributed by atoms with Crippen LogP contribution >= 0.6 is 15.9 Å². The fourth-order valence-corrected chi connectivity index (χ4v) is 1.91. The van der Waals surface area contributed by atoms with Crippen LogP contribution in [0.1, 0.15) is 19.0 Å². The smallest absolute Gasteiger partial charge is 0.130 e. The number of hydrogen-bond acceptors (Lipinski definition) is 3. The number of carbonyl (C=O) groups is 1. The van der Waals surface area contributed by atoms with Gasteiger partial charge in [0.15, 0.2) is 0 Å². The topological polar surface area (TPSA) is 38.1 Å². The Morgan fingerprint density at radius 1 is 1.56 bits per heavy atom. The molecule has 0 amide bonds. The van der Waals surface area contributed by atoms with E-state index >= 15 is 0 Å². The molecule has 0 N–H and O–H groups in total. The molecule has 0 unspecified atom stereocenters. The minimum absolute atomic E-state index is 0.215. The summed E-state index contributed by atoms with van der Waals surface area (Å²) in [6.07, 6.45) is 3.13. The van der Waals surface area contributed by atoms with E-state index in [0.29, 0.717) is 6.42 Å². The summed E-state index contributed by atoms with van der Waals surface area (Å²) in [7, 11) is 4.07. The Labute approximate surface area is 105 Å². The highest BCUT2D eigenvalue weighted by molar-refractivity contribution is 9.10. The van der Waals surface area contributed by atoms with Gasteiger partial charge >= 0.3 is 0 Å². The summed E-state index contributed by atoms with van der Waals surface area (Å²) in [6.45, 7) is 3.42. The first-order valence-electron chi connectivity index (χ1n) is 5.35. The van der Waals surface area contributed by atoms with Gasteiger partial charge < -0.3 is 9.69 Å². The molecule has 5 heteroatoms. The Balaban J connectivity index is 2.65. The summed E-state index contributed by atoms with van der Waals surface area (Å²) in [4.78, 5) is 13.1. The number of aromatic nitrogens is 2. The third-order valence-corrected chi connectivity index (χ3v) is 3.03. The summed E-state index contributed by atoms with van der Waals surface area (Å²) >= 11 is 3.47. The van der Waals surface area contributed by atoms with Crippen molar-refractivity contribution in [3.8, 4) is 0 Å². The van der Waals surface area contributed by atoms with Crippen molar-refractivity contribution in [1.29, 1.82) is 0 Å². The summed E-state index contributed by atoms with van der Waals surface area (Å²) in [5.74, 6) is 0.215. The molecule has 0 saturated carbocycles. The van der Waals surface area contributed by atoms with Crippen LogP contribution in [0.4, 0.5) is 0 Å². The van der Waals surface area contributed by atoms with Crippen molar-refractivity contribution in [3.63, 3.8) is 0 Å². The van der Waals surface area contributed by atoms with Crippen LogP contribution in [0.2, 0.25) is 0 Å². The van der Waals surface area contributed by atoms with Gasteiger partial charge in [-0.1, -0.05) is 0 Å². The van der Waals surface area contributed by atoms with E-state index in [1.165, 1.54) is 0 Å². The molecule has 90 valence electrons. The first kappa shape index (κ1) is 13.4. The van der Waals surface area contributed by atoms with Crippen molar-refractivity contribution in [2.45, 2.75) is 26.3 Å². The van der Waals surface area contributed by atoms with Gasteiger partial charge in [0.2, 0.25) is 0 Å². The zero-order valence-corrected chi connectivity index (χ0v) is 11.6. The van der Waals surface area contributed by atoms with Crippen molar-refractivity contribution in [2.24, 2.45) is 0 Å². The van der Waals surface area contributed by atoms with Crippen molar-refractivity contribution in [3.05, 3.63) is 16.4 Å². The highest BCUT2D eigenvalue weighted by Crippen LogP contribution is 2.17. The standard InChI is InChI=1S/C11H18BrN3O/c1-9(16)4-5-11-10(12)8-13-15(11)7-6-14(2)3/h8H,4-7H2,1-3H3. The predicted molar refractivity (Wildman–Crippen MR) is 67.5 cm³/mol. The molecule has 0 aliphatic rings. The van der Waals surface area contributed by atoms with Gasteiger partial charge in [0, 0.05) is 13.0 Å². The van der Waals surface area contributed by atoms with Crippen LogP contribution in [0.15, 0.2) is 10.7 Å². The molecule has 0 aliphatic carbocycles. The first-order valence-corrected chi connectivity index (χ1v) is 6.14. The second kappa shape index (κ2) is 6.15. The fourth-order valence-electron chi connectivity index (χ4n) is 1.42. The van der Waals surface area contributed by atoms with Crippen LogP contribution in [0.5, 0.6) is 0 Å². The Morgan fingerprint density at radius 2 is 2.25 bits per heavy atom. The minimum atomic E-state index is 0.215. The van der Waals surface area contributed by atoms with Gasteiger partial charge in [0.05, 0.1) is 22.9 Å². The van der Waals surface area contributed by atoms with Crippen LogP contribution in [0.3, 0.4) is 0 Å². The minimum Gasteiger partial charge on any atom is -0.308 e. The van der Waals surface area contributed by atoms with Crippen LogP contribution in [-0.4, -0.2) is 41.1 Å². The lowest BCUT2D eigenvalue weighted by molar-refractivity contribution is -0.117. The fraction of sp³-hybridized carbons (Fsp3) is 0.636. The number of rotatable bonds is 6. The average Bonchev–Trinajstić information content (AvgIpc) is 2.53. The zero-order valence-electron chi connectivity index (χ0n) is 10.0. The van der Waals surface area contributed by atoms with Crippen molar-refractivity contribution in [1.82, 2.24) is 14.7 Å². The average molecular weight is 288 g/mol. The van der Waals surface area contributed by atoms with E-state index in [-0.39, 0.29) is 5.78 Å². The molecule has 1 aromatic heterocycles. The predicted octanol–water partition coefficient (Wildman–Crippen LogP) is 1.73. The van der Waals surface area contributed by atoms with E-state index in [9.17, 15) is 4.79 Å². The first-order chi connectivity index (χ1) is 7.50. The molecule has 0 bridgehead atoms. The normalized spacial score (nSPS) is 11.1. The molecule has 0 aromatic carbocycles. The monoisotopic (exact) mass is 287 g/mol. The molecule has 4 nitrogen and oxygen atoms in total. The molecule has 0 saturated heterocycles. The van der Waals surface area contributed by atoms with E-state index in [2.05, 4.69) is 25.9 Å². The Morgan fingerprint density at radius 3 is 2.81 bits per heavy atom. The maximum absolute atomic E-state index is 11.0. The van der Waals surface area contributed by atoms with Crippen LogP contribution < -0.4 is 0 Å². The van der Waals surface area contributed by atoms with Crippen LogP contribution in [0.25, 0.3) is 0 Å². The maximum atomic E-state index is 11.0. The van der Waals surface area contributed by atoms with E-state index < -0.39 is 0 Å². The maximum Gasteiger partial charge on any atom is 0.130 e. The molecule has 0 atom stereocenters. The number of hydrogen-bond donors (Lipinski definition) is 0. The number of Topliss-reactive ketones (excluding diaryl/α,β-unsaturated/α-hetero) is 1. The number of nitrogens with zero attached hydrogens (tertiary/aromatic N) is 3. The largest absolute Gasteiger partial charge is 0.308 e. The van der Waals surface area contributed by atoms with E-state index in [1.807, 2.05) is 18.8 Å². The molecular formula is C11H18BrN3O. The molecule has 0 spiro atoms. The molecular weight excluding hydrogens is 270 g/mol. The van der Waals surface area contributed by atoms with Gasteiger partial charge in [-0.25, -0.2) is 0 Å². The van der Waals surface area contributed by atoms with Gasteiger partial charge in [-0.15, -0.1) is 0 Å². The number of halogens is 1.